The monoisotopic (exact) mass is 408 g/mol. The molecule has 0 spiro atoms. The number of rotatable bonds is 3. The van der Waals surface area contributed by atoms with Gasteiger partial charge in [-0.15, -0.1) is 0 Å². The van der Waals surface area contributed by atoms with E-state index in [0.29, 0.717) is 30.6 Å². The van der Waals surface area contributed by atoms with Crippen LogP contribution in [0.25, 0.3) is 0 Å². The van der Waals surface area contributed by atoms with E-state index in [4.69, 9.17) is 14.5 Å². The number of aromatic nitrogens is 2. The molecule has 1 saturated heterocycles. The van der Waals surface area contributed by atoms with Crippen LogP contribution in [0.4, 0.5) is 5.82 Å². The van der Waals surface area contributed by atoms with Gasteiger partial charge in [-0.3, -0.25) is 4.79 Å². The molecule has 0 saturated carbocycles. The molecule has 2 aromatic rings. The van der Waals surface area contributed by atoms with Crippen LogP contribution in [0.2, 0.25) is 0 Å². The van der Waals surface area contributed by atoms with Crippen LogP contribution in [0, 0.1) is 6.92 Å². The van der Waals surface area contributed by atoms with Gasteiger partial charge in [0.2, 0.25) is 6.10 Å². The number of hydrogen-bond donors (Lipinski definition) is 1. The molecule has 3 aliphatic rings. The number of fused-ring (bicyclic) bond motifs is 2. The van der Waals surface area contributed by atoms with Crippen LogP contribution in [0.1, 0.15) is 42.8 Å². The minimum absolute atomic E-state index is 0.0122. The van der Waals surface area contributed by atoms with E-state index in [0.717, 1.165) is 37.3 Å². The minimum Gasteiger partial charge on any atom is -0.485 e. The topological polar surface area (TPSA) is 76.6 Å². The predicted molar refractivity (Wildman–Crippen MR) is 113 cm³/mol. The Morgan fingerprint density at radius 1 is 1.10 bits per heavy atom. The van der Waals surface area contributed by atoms with Gasteiger partial charge in [-0.1, -0.05) is 12.1 Å². The van der Waals surface area contributed by atoms with Crippen molar-refractivity contribution in [2.24, 2.45) is 0 Å². The smallest absolute Gasteiger partial charge is 0.267 e. The Bertz CT molecular complexity index is 940. The highest BCUT2D eigenvalue weighted by Crippen LogP contribution is 2.32. The van der Waals surface area contributed by atoms with Gasteiger partial charge in [0.1, 0.15) is 18.2 Å². The number of anilines is 1. The molecule has 0 radical (unpaired) electrons. The maximum absolute atomic E-state index is 12.9. The van der Waals surface area contributed by atoms with Gasteiger partial charge in [-0.25, -0.2) is 9.97 Å². The van der Waals surface area contributed by atoms with Gasteiger partial charge >= 0.3 is 0 Å². The van der Waals surface area contributed by atoms with Gasteiger partial charge in [-0.05, 0) is 57.6 Å². The highest BCUT2D eigenvalue weighted by molar-refractivity contribution is 5.82. The molecular weight excluding hydrogens is 380 g/mol. The van der Waals surface area contributed by atoms with Crippen molar-refractivity contribution in [3.8, 4) is 11.5 Å². The zero-order valence-corrected chi connectivity index (χ0v) is 17.4. The summed E-state index contributed by atoms with van der Waals surface area (Å²) in [6, 6.07) is 7.81. The maximum Gasteiger partial charge on any atom is 0.267 e. The SMILES string of the molecule is Cc1nc2c(c(NC3CCN(C(=O)C4COc5ccccc5O4)CC3)n1)CCCC2. The number of nitrogens with one attached hydrogen (secondary N) is 1. The Hall–Kier alpha value is -2.83. The molecule has 1 fully saturated rings. The van der Waals surface area contributed by atoms with E-state index in [1.54, 1.807) is 0 Å². The van der Waals surface area contributed by atoms with Gasteiger partial charge in [-0.2, -0.15) is 0 Å². The molecule has 1 aromatic heterocycles. The van der Waals surface area contributed by atoms with E-state index in [1.165, 1.54) is 24.1 Å². The highest BCUT2D eigenvalue weighted by Gasteiger charge is 2.33. The predicted octanol–water partition coefficient (Wildman–Crippen LogP) is 2.91. The molecule has 7 nitrogen and oxygen atoms in total. The Morgan fingerprint density at radius 2 is 1.87 bits per heavy atom. The molecule has 1 amide bonds. The molecule has 3 heterocycles. The molecule has 0 bridgehead atoms. The fourth-order valence-electron chi connectivity index (χ4n) is 4.62. The number of likely N-dealkylation sites (tertiary alicyclic amines) is 1. The third-order valence-corrected chi connectivity index (χ3v) is 6.23. The van der Waals surface area contributed by atoms with Crippen molar-refractivity contribution in [3.63, 3.8) is 0 Å². The average molecular weight is 409 g/mol. The molecule has 1 unspecified atom stereocenters. The quantitative estimate of drug-likeness (QED) is 0.842. The number of amides is 1. The van der Waals surface area contributed by atoms with Crippen LogP contribution in [-0.2, 0) is 17.6 Å². The van der Waals surface area contributed by atoms with E-state index in [9.17, 15) is 4.79 Å². The van der Waals surface area contributed by atoms with E-state index >= 15 is 0 Å². The van der Waals surface area contributed by atoms with Crippen LogP contribution < -0.4 is 14.8 Å². The lowest BCUT2D eigenvalue weighted by atomic mass is 9.95. The van der Waals surface area contributed by atoms with E-state index in [-0.39, 0.29) is 12.5 Å². The van der Waals surface area contributed by atoms with Crippen molar-refractivity contribution in [2.75, 3.05) is 25.0 Å². The van der Waals surface area contributed by atoms with E-state index in [1.807, 2.05) is 36.1 Å². The Morgan fingerprint density at radius 3 is 2.70 bits per heavy atom. The van der Waals surface area contributed by atoms with Crippen molar-refractivity contribution in [2.45, 2.75) is 57.6 Å². The lowest BCUT2D eigenvalue weighted by molar-refractivity contribution is -0.142. The molecule has 1 atom stereocenters. The lowest BCUT2D eigenvalue weighted by Gasteiger charge is -2.36. The molecular formula is C23H28N4O3. The molecule has 1 aromatic carbocycles. The van der Waals surface area contributed by atoms with Crippen molar-refractivity contribution in [3.05, 3.63) is 41.3 Å². The first kappa shape index (κ1) is 19.2. The molecule has 158 valence electrons. The summed E-state index contributed by atoms with van der Waals surface area (Å²) in [6.07, 6.45) is 5.74. The summed E-state index contributed by atoms with van der Waals surface area (Å²) in [4.78, 5) is 24.2. The van der Waals surface area contributed by atoms with Gasteiger partial charge in [0.25, 0.3) is 5.91 Å². The second kappa shape index (κ2) is 8.13. The zero-order chi connectivity index (χ0) is 20.5. The number of carbonyl (C=O) groups is 1. The van der Waals surface area contributed by atoms with Crippen LogP contribution in [-0.4, -0.2) is 52.6 Å². The summed E-state index contributed by atoms with van der Waals surface area (Å²) >= 11 is 0. The molecule has 2 aliphatic heterocycles. The molecule has 30 heavy (non-hydrogen) atoms. The average Bonchev–Trinajstić information content (AvgIpc) is 2.78. The van der Waals surface area contributed by atoms with E-state index in [2.05, 4.69) is 10.3 Å². The lowest BCUT2D eigenvalue weighted by Crippen LogP contribution is -2.50. The Kier molecular flexibility index (Phi) is 5.19. The number of benzene rings is 1. The summed E-state index contributed by atoms with van der Waals surface area (Å²) in [6.45, 7) is 3.65. The Labute approximate surface area is 176 Å². The number of aryl methyl sites for hydroxylation is 2. The maximum atomic E-state index is 12.9. The molecule has 1 aliphatic carbocycles. The molecule has 1 N–H and O–H groups in total. The third-order valence-electron chi connectivity index (χ3n) is 6.23. The van der Waals surface area contributed by atoms with Gasteiger partial charge in [0, 0.05) is 30.4 Å². The summed E-state index contributed by atoms with van der Waals surface area (Å²) in [5, 5.41) is 3.66. The summed E-state index contributed by atoms with van der Waals surface area (Å²) in [5.41, 5.74) is 2.50. The first-order valence-corrected chi connectivity index (χ1v) is 11.0. The van der Waals surface area contributed by atoms with Crippen LogP contribution in [0.3, 0.4) is 0 Å². The normalized spacial score (nSPS) is 21.1. The van der Waals surface area contributed by atoms with Crippen LogP contribution in [0.15, 0.2) is 24.3 Å². The summed E-state index contributed by atoms with van der Waals surface area (Å²) in [5.74, 6) is 3.19. The number of hydrogen-bond acceptors (Lipinski definition) is 6. The molecule has 7 heteroatoms. The fraction of sp³-hybridized carbons (Fsp3) is 0.522. The number of para-hydroxylation sites is 2. The number of ether oxygens (including phenoxy) is 2. The van der Waals surface area contributed by atoms with Crippen molar-refractivity contribution >= 4 is 11.7 Å². The van der Waals surface area contributed by atoms with Crippen molar-refractivity contribution in [1.82, 2.24) is 14.9 Å². The Balaban J connectivity index is 1.19. The number of nitrogens with zero attached hydrogens (tertiary/aromatic N) is 3. The highest BCUT2D eigenvalue weighted by atomic mass is 16.6. The first-order valence-electron chi connectivity index (χ1n) is 11.0. The summed E-state index contributed by atoms with van der Waals surface area (Å²) in [7, 11) is 0. The minimum atomic E-state index is -0.569. The third kappa shape index (κ3) is 3.80. The van der Waals surface area contributed by atoms with Gasteiger partial charge in [0.15, 0.2) is 11.5 Å². The van der Waals surface area contributed by atoms with Crippen molar-refractivity contribution < 1.29 is 14.3 Å². The first-order chi connectivity index (χ1) is 14.7. The van der Waals surface area contributed by atoms with Crippen molar-refractivity contribution in [1.29, 1.82) is 0 Å². The summed E-state index contributed by atoms with van der Waals surface area (Å²) < 4.78 is 11.6. The largest absolute Gasteiger partial charge is 0.485 e. The second-order valence-corrected chi connectivity index (χ2v) is 8.36. The number of piperidine rings is 1. The van der Waals surface area contributed by atoms with Crippen LogP contribution in [0.5, 0.6) is 11.5 Å². The zero-order valence-electron chi connectivity index (χ0n) is 17.4. The second-order valence-electron chi connectivity index (χ2n) is 8.36. The fourth-order valence-corrected chi connectivity index (χ4v) is 4.62. The molecule has 5 rings (SSSR count). The van der Waals surface area contributed by atoms with Gasteiger partial charge in [0.05, 0.1) is 0 Å². The van der Waals surface area contributed by atoms with Gasteiger partial charge < -0.3 is 19.7 Å². The standard InChI is InChI=1S/C23H28N4O3/c1-15-24-18-7-3-2-6-17(18)22(25-15)26-16-10-12-27(13-11-16)23(28)21-14-29-19-8-4-5-9-20(19)30-21/h4-5,8-9,16,21H,2-3,6-7,10-14H2,1H3,(H,24,25,26). The van der Waals surface area contributed by atoms with E-state index < -0.39 is 6.10 Å². The number of carbonyl (C=O) groups excluding carboxylic acids is 1. The van der Waals surface area contributed by atoms with Crippen LogP contribution >= 0.6 is 0 Å².